The van der Waals surface area contributed by atoms with Gasteiger partial charge in [0.15, 0.2) is 0 Å². The predicted molar refractivity (Wildman–Crippen MR) is 54.3 cm³/mol. The number of allylic oxidation sites excluding steroid dienone is 1. The van der Waals surface area contributed by atoms with E-state index in [1.165, 1.54) is 19.3 Å². The molecule has 0 heterocycles. The highest BCUT2D eigenvalue weighted by Gasteiger charge is 2.20. The third-order valence-electron chi connectivity index (χ3n) is 2.47. The first-order valence-corrected chi connectivity index (χ1v) is 5.24. The first-order valence-electron chi connectivity index (χ1n) is 4.86. The highest BCUT2D eigenvalue weighted by molar-refractivity contribution is 6.30. The minimum absolute atomic E-state index is 0.0859. The van der Waals surface area contributed by atoms with Crippen LogP contribution in [-0.4, -0.2) is 5.91 Å². The molecule has 2 nitrogen and oxygen atoms in total. The first kappa shape index (κ1) is 10.6. The highest BCUT2D eigenvalue weighted by Crippen LogP contribution is 2.23. The second kappa shape index (κ2) is 5.28. The van der Waals surface area contributed by atoms with E-state index in [0.717, 1.165) is 12.8 Å². The summed E-state index contributed by atoms with van der Waals surface area (Å²) >= 11 is 5.71. The molecule has 1 saturated carbocycles. The molecule has 0 spiro atoms. The fourth-order valence-electron chi connectivity index (χ4n) is 1.66. The van der Waals surface area contributed by atoms with Crippen molar-refractivity contribution in [1.82, 2.24) is 5.32 Å². The summed E-state index contributed by atoms with van der Waals surface area (Å²) in [4.78, 5) is 11.5. The Labute approximate surface area is 84.3 Å². The van der Waals surface area contributed by atoms with Gasteiger partial charge in [0, 0.05) is 5.92 Å². The lowest BCUT2D eigenvalue weighted by molar-refractivity contribution is -0.125. The second-order valence-electron chi connectivity index (χ2n) is 3.46. The lowest BCUT2D eigenvalue weighted by Crippen LogP contribution is -2.29. The summed E-state index contributed by atoms with van der Waals surface area (Å²) in [7, 11) is 0. The van der Waals surface area contributed by atoms with E-state index in [4.69, 9.17) is 11.6 Å². The second-order valence-corrected chi connectivity index (χ2v) is 3.87. The number of carbonyl (C=O) groups is 1. The molecule has 0 aromatic heterocycles. The lowest BCUT2D eigenvalue weighted by Gasteiger charge is -2.20. The van der Waals surface area contributed by atoms with Crippen LogP contribution in [0.1, 0.15) is 39.0 Å². The van der Waals surface area contributed by atoms with Crippen molar-refractivity contribution in [3.63, 3.8) is 0 Å². The molecule has 1 rings (SSSR count). The number of hydrogen-bond donors (Lipinski definition) is 1. The summed E-state index contributed by atoms with van der Waals surface area (Å²) in [5.74, 6) is 0.269. The van der Waals surface area contributed by atoms with Crippen molar-refractivity contribution < 1.29 is 4.79 Å². The summed E-state index contributed by atoms with van der Waals surface area (Å²) in [5.41, 5.74) is 0. The van der Waals surface area contributed by atoms with E-state index in [9.17, 15) is 4.79 Å². The molecule has 1 aliphatic carbocycles. The van der Waals surface area contributed by atoms with Crippen LogP contribution >= 0.6 is 11.6 Å². The van der Waals surface area contributed by atoms with Crippen molar-refractivity contribution in [2.45, 2.75) is 39.0 Å². The fraction of sp³-hybridized carbons (Fsp3) is 0.700. The molecule has 0 aliphatic heterocycles. The third kappa shape index (κ3) is 3.39. The van der Waals surface area contributed by atoms with E-state index in [-0.39, 0.29) is 11.8 Å². The van der Waals surface area contributed by atoms with Gasteiger partial charge in [0.1, 0.15) is 5.16 Å². The largest absolute Gasteiger partial charge is 0.317 e. The highest BCUT2D eigenvalue weighted by atomic mass is 35.5. The number of nitrogens with one attached hydrogen (secondary N) is 1. The summed E-state index contributed by atoms with van der Waals surface area (Å²) in [5, 5.41) is 3.13. The predicted octanol–water partition coefficient (Wildman–Crippen LogP) is 2.78. The molecule has 1 aliphatic rings. The molecule has 3 heteroatoms. The zero-order valence-electron chi connectivity index (χ0n) is 7.98. The van der Waals surface area contributed by atoms with Gasteiger partial charge in [-0.2, -0.15) is 0 Å². The maximum absolute atomic E-state index is 11.5. The first-order chi connectivity index (χ1) is 6.24. The van der Waals surface area contributed by atoms with Crippen LogP contribution in [0.2, 0.25) is 0 Å². The smallest absolute Gasteiger partial charge is 0.228 e. The molecule has 1 amide bonds. The van der Waals surface area contributed by atoms with Gasteiger partial charge < -0.3 is 5.32 Å². The molecule has 0 aromatic rings. The number of carbonyl (C=O) groups excluding carboxylic acids is 1. The third-order valence-corrected chi connectivity index (χ3v) is 2.78. The number of amides is 1. The van der Waals surface area contributed by atoms with Crippen LogP contribution in [0.4, 0.5) is 0 Å². The van der Waals surface area contributed by atoms with Gasteiger partial charge in [0.2, 0.25) is 5.91 Å². The average molecular weight is 202 g/mol. The zero-order valence-corrected chi connectivity index (χ0v) is 8.73. The van der Waals surface area contributed by atoms with Gasteiger partial charge in [0.25, 0.3) is 0 Å². The van der Waals surface area contributed by atoms with Gasteiger partial charge in [-0.25, -0.2) is 0 Å². The molecule has 0 radical (unpaired) electrons. The Hall–Kier alpha value is -0.500. The summed E-state index contributed by atoms with van der Waals surface area (Å²) in [6.07, 6.45) is 7.33. The number of rotatable bonds is 2. The van der Waals surface area contributed by atoms with Crippen molar-refractivity contribution in [2.24, 2.45) is 5.92 Å². The van der Waals surface area contributed by atoms with Crippen LogP contribution in [-0.2, 0) is 4.79 Å². The van der Waals surface area contributed by atoms with Crippen molar-refractivity contribution in [1.29, 1.82) is 0 Å². The van der Waals surface area contributed by atoms with E-state index in [1.807, 2.05) is 6.92 Å². The number of hydrogen-bond acceptors (Lipinski definition) is 1. The minimum atomic E-state index is 0.0859. The van der Waals surface area contributed by atoms with Crippen LogP contribution in [0.3, 0.4) is 0 Å². The molecule has 1 N–H and O–H groups in total. The lowest BCUT2D eigenvalue weighted by atomic mass is 9.89. The molecule has 13 heavy (non-hydrogen) atoms. The quantitative estimate of drug-likeness (QED) is 0.684. The van der Waals surface area contributed by atoms with E-state index in [0.29, 0.717) is 5.16 Å². The molecule has 0 atom stereocenters. The van der Waals surface area contributed by atoms with Crippen molar-refractivity contribution >= 4 is 17.5 Å². The van der Waals surface area contributed by atoms with Crippen LogP contribution in [0.5, 0.6) is 0 Å². The van der Waals surface area contributed by atoms with E-state index in [2.05, 4.69) is 5.32 Å². The maximum atomic E-state index is 11.5. The average Bonchev–Trinajstić information content (AvgIpc) is 2.19. The van der Waals surface area contributed by atoms with E-state index in [1.54, 1.807) is 6.08 Å². The summed E-state index contributed by atoms with van der Waals surface area (Å²) in [6.45, 7) is 1.81. The van der Waals surface area contributed by atoms with Crippen LogP contribution in [0.25, 0.3) is 0 Å². The fourth-order valence-corrected chi connectivity index (χ4v) is 1.75. The van der Waals surface area contributed by atoms with Gasteiger partial charge in [-0.15, -0.1) is 0 Å². The zero-order chi connectivity index (χ0) is 9.68. The van der Waals surface area contributed by atoms with Gasteiger partial charge in [0.05, 0.1) is 0 Å². The number of halogens is 1. The van der Waals surface area contributed by atoms with Gasteiger partial charge in [-0.3, -0.25) is 4.79 Å². The Morgan fingerprint density at radius 3 is 2.54 bits per heavy atom. The summed E-state index contributed by atoms with van der Waals surface area (Å²) < 4.78 is 0. The normalized spacial score (nSPS) is 20.0. The molecule has 0 saturated heterocycles. The van der Waals surface area contributed by atoms with Gasteiger partial charge >= 0.3 is 0 Å². The molecular weight excluding hydrogens is 186 g/mol. The summed E-state index contributed by atoms with van der Waals surface area (Å²) in [6, 6.07) is 0. The van der Waals surface area contributed by atoms with Gasteiger partial charge in [-0.1, -0.05) is 36.9 Å². The Morgan fingerprint density at radius 2 is 2.00 bits per heavy atom. The standard InChI is InChI=1S/C10H16ClNO/c1-2-9(11)12-10(13)8-6-4-3-5-7-8/h2,8H,3-7H2,1H3,(H,12,13)/b9-2+. The van der Waals surface area contributed by atoms with E-state index >= 15 is 0 Å². The Kier molecular flexibility index (Phi) is 4.29. The van der Waals surface area contributed by atoms with Crippen LogP contribution in [0, 0.1) is 5.92 Å². The molecular formula is C10H16ClNO. The van der Waals surface area contributed by atoms with Crippen molar-refractivity contribution in [2.75, 3.05) is 0 Å². The molecule has 74 valence electrons. The maximum Gasteiger partial charge on any atom is 0.228 e. The van der Waals surface area contributed by atoms with Crippen molar-refractivity contribution in [3.8, 4) is 0 Å². The van der Waals surface area contributed by atoms with Crippen LogP contribution in [0.15, 0.2) is 11.2 Å². The van der Waals surface area contributed by atoms with Gasteiger partial charge in [-0.05, 0) is 19.8 Å². The Morgan fingerprint density at radius 1 is 1.38 bits per heavy atom. The van der Waals surface area contributed by atoms with E-state index < -0.39 is 0 Å². The molecule has 0 aromatic carbocycles. The minimum Gasteiger partial charge on any atom is -0.317 e. The SMILES string of the molecule is C/C=C(\Cl)NC(=O)C1CCCCC1. The Bertz CT molecular complexity index is 207. The van der Waals surface area contributed by atoms with Crippen LogP contribution < -0.4 is 5.32 Å². The van der Waals surface area contributed by atoms with Crippen molar-refractivity contribution in [3.05, 3.63) is 11.2 Å². The Balaban J connectivity index is 2.37. The molecule has 0 unspecified atom stereocenters. The monoisotopic (exact) mass is 201 g/mol. The molecule has 1 fully saturated rings. The topological polar surface area (TPSA) is 29.1 Å². The molecule has 0 bridgehead atoms.